The maximum absolute atomic E-state index is 12.4. The maximum Gasteiger partial charge on any atom is 0.251 e. The van der Waals surface area contributed by atoms with Crippen LogP contribution in [-0.2, 0) is 0 Å². The van der Waals surface area contributed by atoms with E-state index in [0.717, 1.165) is 17.5 Å². The highest BCUT2D eigenvalue weighted by atomic mass is 16.1. The molecule has 0 bridgehead atoms. The molecule has 3 atom stereocenters. The summed E-state index contributed by atoms with van der Waals surface area (Å²) in [5.74, 6) is 1.86. The highest BCUT2D eigenvalue weighted by molar-refractivity contribution is 5.94. The van der Waals surface area contributed by atoms with Crippen LogP contribution in [0.15, 0.2) is 30.3 Å². The van der Waals surface area contributed by atoms with Crippen LogP contribution in [0.1, 0.15) is 62.9 Å². The van der Waals surface area contributed by atoms with Crippen molar-refractivity contribution < 1.29 is 4.79 Å². The molecule has 0 heterocycles. The van der Waals surface area contributed by atoms with Gasteiger partial charge in [0, 0.05) is 11.6 Å². The Labute approximate surface area is 135 Å². The first-order chi connectivity index (χ1) is 10.5. The largest absolute Gasteiger partial charge is 0.349 e. The Bertz CT molecular complexity index is 515. The van der Waals surface area contributed by atoms with Crippen LogP contribution < -0.4 is 5.32 Å². The van der Waals surface area contributed by atoms with E-state index in [2.05, 4.69) is 45.2 Å². The van der Waals surface area contributed by atoms with Gasteiger partial charge in [-0.1, -0.05) is 64.8 Å². The van der Waals surface area contributed by atoms with E-state index >= 15 is 0 Å². The standard InChI is InChI=1S/C20H29NO/c1-14(2)8-9-17-10-12-18(13-11-17)20(22)21-19-7-5-6-15(3)16(19)4/h8-16,19H,5-7H2,1-4H3,(H,21,22). The Balaban J connectivity index is 1.98. The third-order valence-electron chi connectivity index (χ3n) is 4.87. The number of hydrogen-bond donors (Lipinski definition) is 1. The SMILES string of the molecule is CC(C)C=Cc1ccc(C(=O)NC2CCCC(C)C2C)cc1. The molecule has 1 fully saturated rings. The predicted molar refractivity (Wildman–Crippen MR) is 93.7 cm³/mol. The van der Waals surface area contributed by atoms with Crippen LogP contribution in [0.2, 0.25) is 0 Å². The van der Waals surface area contributed by atoms with E-state index < -0.39 is 0 Å². The molecule has 0 radical (unpaired) electrons. The van der Waals surface area contributed by atoms with E-state index in [9.17, 15) is 4.79 Å². The molecule has 2 rings (SSSR count). The third-order valence-corrected chi connectivity index (χ3v) is 4.87. The lowest BCUT2D eigenvalue weighted by Crippen LogP contribution is -2.43. The Morgan fingerprint density at radius 1 is 1.18 bits per heavy atom. The zero-order valence-corrected chi connectivity index (χ0v) is 14.3. The first-order valence-electron chi connectivity index (χ1n) is 8.56. The normalized spacial score (nSPS) is 25.6. The van der Waals surface area contributed by atoms with E-state index in [4.69, 9.17) is 0 Å². The van der Waals surface area contributed by atoms with E-state index in [-0.39, 0.29) is 5.91 Å². The summed E-state index contributed by atoms with van der Waals surface area (Å²) < 4.78 is 0. The predicted octanol–water partition coefficient (Wildman–Crippen LogP) is 4.91. The van der Waals surface area contributed by atoms with Crippen molar-refractivity contribution in [3.8, 4) is 0 Å². The fourth-order valence-corrected chi connectivity index (χ4v) is 3.09. The van der Waals surface area contributed by atoms with Gasteiger partial charge in [0.25, 0.3) is 5.91 Å². The summed E-state index contributed by atoms with van der Waals surface area (Å²) in [5.41, 5.74) is 1.90. The summed E-state index contributed by atoms with van der Waals surface area (Å²) >= 11 is 0. The third kappa shape index (κ3) is 4.46. The molecule has 22 heavy (non-hydrogen) atoms. The minimum absolute atomic E-state index is 0.0605. The molecule has 3 unspecified atom stereocenters. The number of hydrogen-bond acceptors (Lipinski definition) is 1. The van der Waals surface area contributed by atoms with E-state index in [1.807, 2.05) is 24.3 Å². The highest BCUT2D eigenvalue weighted by Gasteiger charge is 2.28. The molecule has 1 aromatic carbocycles. The van der Waals surface area contributed by atoms with Crippen LogP contribution in [0.4, 0.5) is 0 Å². The van der Waals surface area contributed by atoms with E-state index in [0.29, 0.717) is 23.8 Å². The molecule has 1 aliphatic rings. The summed E-state index contributed by atoms with van der Waals surface area (Å²) in [4.78, 5) is 12.4. The number of allylic oxidation sites excluding steroid dienone is 1. The van der Waals surface area contributed by atoms with Gasteiger partial charge in [-0.25, -0.2) is 0 Å². The van der Waals surface area contributed by atoms with Gasteiger partial charge in [-0.3, -0.25) is 4.79 Å². The molecule has 0 spiro atoms. The number of carbonyl (C=O) groups is 1. The summed E-state index contributed by atoms with van der Waals surface area (Å²) in [6.07, 6.45) is 7.88. The monoisotopic (exact) mass is 299 g/mol. The average Bonchev–Trinajstić information content (AvgIpc) is 2.50. The topological polar surface area (TPSA) is 29.1 Å². The maximum atomic E-state index is 12.4. The van der Waals surface area contributed by atoms with Gasteiger partial charge in [0.05, 0.1) is 0 Å². The van der Waals surface area contributed by atoms with E-state index in [1.165, 1.54) is 12.8 Å². The Kier molecular flexibility index (Phi) is 5.82. The fourth-order valence-electron chi connectivity index (χ4n) is 3.09. The van der Waals surface area contributed by atoms with E-state index in [1.54, 1.807) is 0 Å². The van der Waals surface area contributed by atoms with Gasteiger partial charge in [0.15, 0.2) is 0 Å². The zero-order valence-electron chi connectivity index (χ0n) is 14.3. The molecule has 2 heteroatoms. The summed E-state index contributed by atoms with van der Waals surface area (Å²) in [6.45, 7) is 8.86. The number of nitrogens with one attached hydrogen (secondary N) is 1. The van der Waals surface area contributed by atoms with Crippen LogP contribution in [0.5, 0.6) is 0 Å². The molecular weight excluding hydrogens is 270 g/mol. The number of amides is 1. The van der Waals surface area contributed by atoms with Crippen LogP contribution >= 0.6 is 0 Å². The van der Waals surface area contributed by atoms with Crippen LogP contribution in [0.25, 0.3) is 6.08 Å². The summed E-state index contributed by atoms with van der Waals surface area (Å²) in [5, 5.41) is 3.23. The van der Waals surface area contributed by atoms with Crippen molar-refractivity contribution in [1.82, 2.24) is 5.32 Å². The van der Waals surface area contributed by atoms with Gasteiger partial charge in [0.2, 0.25) is 0 Å². The molecule has 1 aromatic rings. The molecule has 0 saturated heterocycles. The van der Waals surface area contributed by atoms with Crippen LogP contribution in [-0.4, -0.2) is 11.9 Å². The van der Waals surface area contributed by atoms with Gasteiger partial charge >= 0.3 is 0 Å². The molecule has 120 valence electrons. The van der Waals surface area contributed by atoms with Gasteiger partial charge in [-0.15, -0.1) is 0 Å². The van der Waals surface area contributed by atoms with Crippen molar-refractivity contribution in [3.05, 3.63) is 41.5 Å². The molecule has 1 aliphatic carbocycles. The Morgan fingerprint density at radius 3 is 2.50 bits per heavy atom. The van der Waals surface area contributed by atoms with Gasteiger partial charge in [-0.05, 0) is 41.9 Å². The van der Waals surface area contributed by atoms with Crippen molar-refractivity contribution in [2.75, 3.05) is 0 Å². The lowest BCUT2D eigenvalue weighted by atomic mass is 9.78. The number of rotatable bonds is 4. The lowest BCUT2D eigenvalue weighted by molar-refractivity contribution is 0.0891. The number of benzene rings is 1. The van der Waals surface area contributed by atoms with Crippen molar-refractivity contribution in [2.45, 2.75) is 53.0 Å². The molecule has 1 saturated carbocycles. The minimum atomic E-state index is 0.0605. The van der Waals surface area contributed by atoms with Gasteiger partial charge in [0.1, 0.15) is 0 Å². The van der Waals surface area contributed by atoms with Gasteiger partial charge < -0.3 is 5.32 Å². The fraction of sp³-hybridized carbons (Fsp3) is 0.550. The number of carbonyl (C=O) groups excluding carboxylic acids is 1. The quantitative estimate of drug-likeness (QED) is 0.841. The van der Waals surface area contributed by atoms with Gasteiger partial charge in [-0.2, -0.15) is 0 Å². The van der Waals surface area contributed by atoms with Crippen LogP contribution in [0.3, 0.4) is 0 Å². The Hall–Kier alpha value is -1.57. The molecule has 1 amide bonds. The van der Waals surface area contributed by atoms with Crippen molar-refractivity contribution in [3.63, 3.8) is 0 Å². The summed E-state index contributed by atoms with van der Waals surface area (Å²) in [6, 6.07) is 8.19. The second-order valence-electron chi connectivity index (χ2n) is 7.07. The highest BCUT2D eigenvalue weighted by Crippen LogP contribution is 2.29. The second-order valence-corrected chi connectivity index (χ2v) is 7.07. The molecule has 2 nitrogen and oxygen atoms in total. The summed E-state index contributed by atoms with van der Waals surface area (Å²) in [7, 11) is 0. The van der Waals surface area contributed by atoms with Crippen molar-refractivity contribution in [2.24, 2.45) is 17.8 Å². The van der Waals surface area contributed by atoms with Crippen molar-refractivity contribution >= 4 is 12.0 Å². The smallest absolute Gasteiger partial charge is 0.251 e. The first kappa shape index (κ1) is 16.8. The minimum Gasteiger partial charge on any atom is -0.349 e. The van der Waals surface area contributed by atoms with Crippen molar-refractivity contribution in [1.29, 1.82) is 0 Å². The Morgan fingerprint density at radius 2 is 1.86 bits per heavy atom. The molecule has 0 aromatic heterocycles. The lowest BCUT2D eigenvalue weighted by Gasteiger charge is -2.34. The second kappa shape index (κ2) is 7.62. The zero-order chi connectivity index (χ0) is 16.1. The first-order valence-corrected chi connectivity index (χ1v) is 8.56. The van der Waals surface area contributed by atoms with Crippen LogP contribution in [0, 0.1) is 17.8 Å². The molecule has 0 aliphatic heterocycles. The molecular formula is C20H29NO. The molecule has 1 N–H and O–H groups in total. The average molecular weight is 299 g/mol.